The van der Waals surface area contributed by atoms with Crippen LogP contribution in [0.4, 0.5) is 0 Å². The maximum atomic E-state index is 4.19. The van der Waals surface area contributed by atoms with E-state index < -0.39 is 0 Å². The first kappa shape index (κ1) is 10.6. The molecule has 3 aromatic rings. The second-order valence-corrected chi connectivity index (χ2v) is 5.71. The Bertz CT molecular complexity index is 826. The standard InChI is InChI=1S/C15H15N5/c1-2-6-12-10(4-1)11-5-3-7-13-15(11)19(12)9-8-14-16-17-18-20(13)14/h3,5,7H,1-2,4,6,8-9H2. The zero-order valence-corrected chi connectivity index (χ0v) is 11.2. The highest BCUT2D eigenvalue weighted by molar-refractivity contribution is 5.92. The fourth-order valence-corrected chi connectivity index (χ4v) is 3.85. The van der Waals surface area contributed by atoms with Gasteiger partial charge >= 0.3 is 0 Å². The van der Waals surface area contributed by atoms with Crippen LogP contribution < -0.4 is 0 Å². The second-order valence-electron chi connectivity index (χ2n) is 5.71. The Morgan fingerprint density at radius 3 is 3.00 bits per heavy atom. The van der Waals surface area contributed by atoms with Crippen LogP contribution >= 0.6 is 0 Å². The molecule has 0 radical (unpaired) electrons. The summed E-state index contributed by atoms with van der Waals surface area (Å²) in [4.78, 5) is 0. The van der Waals surface area contributed by atoms with Crippen molar-refractivity contribution in [2.75, 3.05) is 0 Å². The van der Waals surface area contributed by atoms with Gasteiger partial charge < -0.3 is 4.57 Å². The topological polar surface area (TPSA) is 48.5 Å². The predicted molar refractivity (Wildman–Crippen MR) is 75.0 cm³/mol. The number of fused-ring (bicyclic) bond motifs is 5. The number of nitrogens with zero attached hydrogens (tertiary/aromatic N) is 5. The second kappa shape index (κ2) is 3.69. The molecule has 0 fully saturated rings. The van der Waals surface area contributed by atoms with Crippen molar-refractivity contribution in [3.05, 3.63) is 35.3 Å². The minimum Gasteiger partial charge on any atom is -0.342 e. The Morgan fingerprint density at radius 2 is 2.00 bits per heavy atom. The lowest BCUT2D eigenvalue weighted by Gasteiger charge is -2.15. The van der Waals surface area contributed by atoms with E-state index in [-0.39, 0.29) is 0 Å². The maximum Gasteiger partial charge on any atom is 0.158 e. The van der Waals surface area contributed by atoms with Gasteiger partial charge in [-0.05, 0) is 47.7 Å². The van der Waals surface area contributed by atoms with Crippen molar-refractivity contribution in [1.82, 2.24) is 24.8 Å². The molecule has 1 aliphatic heterocycles. The Labute approximate surface area is 116 Å². The van der Waals surface area contributed by atoms with Gasteiger partial charge in [-0.25, -0.2) is 0 Å². The van der Waals surface area contributed by atoms with Crippen LogP contribution in [0.1, 0.15) is 29.9 Å². The SMILES string of the molecule is c1cc2c3c(c1)c1c(n3CCc3nnnn3-2)CCCC1. The van der Waals surface area contributed by atoms with Gasteiger partial charge in [-0.3, -0.25) is 0 Å². The van der Waals surface area contributed by atoms with E-state index in [0.29, 0.717) is 0 Å². The zero-order valence-electron chi connectivity index (χ0n) is 11.2. The molecular weight excluding hydrogens is 250 g/mol. The molecule has 3 heterocycles. The van der Waals surface area contributed by atoms with E-state index in [1.54, 1.807) is 5.56 Å². The van der Waals surface area contributed by atoms with Gasteiger partial charge in [0.1, 0.15) is 0 Å². The third kappa shape index (κ3) is 1.20. The molecule has 0 spiro atoms. The van der Waals surface area contributed by atoms with E-state index >= 15 is 0 Å². The third-order valence-corrected chi connectivity index (χ3v) is 4.70. The monoisotopic (exact) mass is 265 g/mol. The molecule has 2 aliphatic rings. The number of benzene rings is 1. The maximum absolute atomic E-state index is 4.19. The number of hydrogen-bond acceptors (Lipinski definition) is 3. The molecule has 0 amide bonds. The van der Waals surface area contributed by atoms with Gasteiger partial charge in [0.25, 0.3) is 0 Å². The highest BCUT2D eigenvalue weighted by Gasteiger charge is 2.25. The molecule has 0 N–H and O–H groups in total. The first-order valence-corrected chi connectivity index (χ1v) is 7.34. The molecular formula is C15H15N5. The van der Waals surface area contributed by atoms with Gasteiger partial charge in [0.2, 0.25) is 0 Å². The smallest absolute Gasteiger partial charge is 0.158 e. The summed E-state index contributed by atoms with van der Waals surface area (Å²) in [6.07, 6.45) is 5.94. The van der Waals surface area contributed by atoms with Gasteiger partial charge in [-0.1, -0.05) is 12.1 Å². The van der Waals surface area contributed by atoms with Crippen LogP contribution in [-0.2, 0) is 25.8 Å². The van der Waals surface area contributed by atoms with E-state index in [1.165, 1.54) is 42.3 Å². The first-order chi connectivity index (χ1) is 9.93. The number of aromatic nitrogens is 5. The highest BCUT2D eigenvalue weighted by atomic mass is 15.5. The lowest BCUT2D eigenvalue weighted by atomic mass is 9.95. The lowest BCUT2D eigenvalue weighted by Crippen LogP contribution is -2.09. The van der Waals surface area contributed by atoms with Crippen LogP contribution in [0.2, 0.25) is 0 Å². The average molecular weight is 265 g/mol. The third-order valence-electron chi connectivity index (χ3n) is 4.70. The number of tetrazole rings is 1. The van der Waals surface area contributed by atoms with E-state index in [2.05, 4.69) is 38.3 Å². The summed E-state index contributed by atoms with van der Waals surface area (Å²) < 4.78 is 4.42. The summed E-state index contributed by atoms with van der Waals surface area (Å²) in [6, 6.07) is 6.53. The molecule has 5 rings (SSSR count). The Kier molecular flexibility index (Phi) is 1.95. The average Bonchev–Trinajstić information content (AvgIpc) is 3.04. The van der Waals surface area contributed by atoms with Crippen molar-refractivity contribution >= 4 is 10.9 Å². The van der Waals surface area contributed by atoms with Crippen LogP contribution in [0.15, 0.2) is 18.2 Å². The van der Waals surface area contributed by atoms with Crippen molar-refractivity contribution in [2.24, 2.45) is 0 Å². The van der Waals surface area contributed by atoms with Gasteiger partial charge in [0.15, 0.2) is 5.82 Å². The molecule has 5 nitrogen and oxygen atoms in total. The Hall–Kier alpha value is -2.17. The fourth-order valence-electron chi connectivity index (χ4n) is 3.85. The number of hydrogen-bond donors (Lipinski definition) is 0. The van der Waals surface area contributed by atoms with Gasteiger partial charge in [0, 0.05) is 24.0 Å². The van der Waals surface area contributed by atoms with Crippen molar-refractivity contribution in [3.63, 3.8) is 0 Å². The van der Waals surface area contributed by atoms with Crippen LogP contribution in [0, 0.1) is 0 Å². The summed E-state index contributed by atoms with van der Waals surface area (Å²) in [5.41, 5.74) is 5.56. The van der Waals surface area contributed by atoms with E-state index in [9.17, 15) is 0 Å². The van der Waals surface area contributed by atoms with Gasteiger partial charge in [-0.15, -0.1) is 5.10 Å². The summed E-state index contributed by atoms with van der Waals surface area (Å²) in [6.45, 7) is 0.989. The molecule has 0 bridgehead atoms. The molecule has 1 aliphatic carbocycles. The minimum atomic E-state index is 0.901. The highest BCUT2D eigenvalue weighted by Crippen LogP contribution is 2.36. The van der Waals surface area contributed by atoms with Gasteiger partial charge in [0.05, 0.1) is 11.2 Å². The van der Waals surface area contributed by atoms with E-state index in [0.717, 1.165) is 24.5 Å². The molecule has 1 aromatic carbocycles. The lowest BCUT2D eigenvalue weighted by molar-refractivity contribution is 0.607. The van der Waals surface area contributed by atoms with E-state index in [4.69, 9.17) is 0 Å². The summed E-state index contributed by atoms with van der Waals surface area (Å²) in [5, 5.41) is 13.6. The van der Waals surface area contributed by atoms with Crippen LogP contribution in [0.25, 0.3) is 16.6 Å². The van der Waals surface area contributed by atoms with Crippen molar-refractivity contribution in [2.45, 2.75) is 38.6 Å². The largest absolute Gasteiger partial charge is 0.342 e. The summed E-state index contributed by atoms with van der Waals surface area (Å²) in [7, 11) is 0. The molecule has 0 atom stereocenters. The molecule has 2 aromatic heterocycles. The van der Waals surface area contributed by atoms with Crippen molar-refractivity contribution in [1.29, 1.82) is 0 Å². The summed E-state index contributed by atoms with van der Waals surface area (Å²) >= 11 is 0. The van der Waals surface area contributed by atoms with Crippen LogP contribution in [0.3, 0.4) is 0 Å². The number of para-hydroxylation sites is 1. The summed E-state index contributed by atoms with van der Waals surface area (Å²) in [5.74, 6) is 0.964. The molecule has 0 saturated heterocycles. The Balaban J connectivity index is 1.95. The molecule has 5 heteroatoms. The molecule has 0 unspecified atom stereocenters. The Morgan fingerprint density at radius 1 is 1.05 bits per heavy atom. The quantitative estimate of drug-likeness (QED) is 0.625. The van der Waals surface area contributed by atoms with Crippen molar-refractivity contribution in [3.8, 4) is 5.69 Å². The van der Waals surface area contributed by atoms with Crippen LogP contribution in [0.5, 0.6) is 0 Å². The molecule has 100 valence electrons. The number of rotatable bonds is 0. The van der Waals surface area contributed by atoms with Gasteiger partial charge in [-0.2, -0.15) is 4.68 Å². The van der Waals surface area contributed by atoms with Crippen LogP contribution in [-0.4, -0.2) is 24.8 Å². The molecule has 20 heavy (non-hydrogen) atoms. The normalized spacial score (nSPS) is 16.8. The van der Waals surface area contributed by atoms with E-state index in [1.807, 2.05) is 4.68 Å². The number of aryl methyl sites for hydroxylation is 3. The van der Waals surface area contributed by atoms with Crippen molar-refractivity contribution < 1.29 is 0 Å². The predicted octanol–water partition coefficient (Wildman–Crippen LogP) is 2.05. The first-order valence-electron chi connectivity index (χ1n) is 7.34. The molecule has 0 saturated carbocycles. The zero-order chi connectivity index (χ0) is 13.1. The minimum absolute atomic E-state index is 0.901. The fraction of sp³-hybridized carbons (Fsp3) is 0.400.